The number of methoxy groups -OCH3 is 1. The van der Waals surface area contributed by atoms with E-state index in [0.717, 1.165) is 36.6 Å². The zero-order valence-corrected chi connectivity index (χ0v) is 23.8. The average Bonchev–Trinajstić information content (AvgIpc) is 3.24. The molecule has 2 heterocycles. The van der Waals surface area contributed by atoms with Crippen LogP contribution in [-0.2, 0) is 21.3 Å². The van der Waals surface area contributed by atoms with Gasteiger partial charge in [-0.2, -0.15) is 13.2 Å². The molecule has 2 aromatic carbocycles. The molecule has 1 unspecified atom stereocenters. The zero-order chi connectivity index (χ0) is 30.5. The summed E-state index contributed by atoms with van der Waals surface area (Å²) in [5.74, 6) is 5.22. The van der Waals surface area contributed by atoms with E-state index in [4.69, 9.17) is 9.88 Å². The van der Waals surface area contributed by atoms with Crippen molar-refractivity contribution in [3.8, 4) is 17.6 Å². The number of nitrogens with zero attached hydrogens (tertiary/aromatic N) is 2. The molecule has 42 heavy (non-hydrogen) atoms. The van der Waals surface area contributed by atoms with Gasteiger partial charge in [0.15, 0.2) is 0 Å². The molecule has 0 radical (unpaired) electrons. The normalized spacial score (nSPS) is 15.8. The Labute approximate surface area is 242 Å². The van der Waals surface area contributed by atoms with Crippen LogP contribution in [0.2, 0.25) is 0 Å². The van der Waals surface area contributed by atoms with E-state index in [-0.39, 0.29) is 41.2 Å². The monoisotopic (exact) mass is 609 g/mol. The summed E-state index contributed by atoms with van der Waals surface area (Å²) < 4.78 is 69.6. The number of ether oxygens (including phenoxy) is 1. The van der Waals surface area contributed by atoms with E-state index in [1.165, 1.54) is 12.1 Å². The first kappa shape index (κ1) is 31.5. The van der Waals surface area contributed by atoms with E-state index >= 15 is 0 Å². The number of aliphatic hydroxyl groups excluding tert-OH is 1. The second-order valence-corrected chi connectivity index (χ2v) is 11.7. The summed E-state index contributed by atoms with van der Waals surface area (Å²) in [6.07, 6.45) is -3.41. The number of aromatic hydroxyl groups is 1. The van der Waals surface area contributed by atoms with Crippen LogP contribution in [0.4, 0.5) is 24.5 Å². The standard InChI is InChI=1S/C28H34F3N5O5S/c1-41-17-21(37)16-35-12-9-19(10-13-35)34-24-5-2-6-26-23(24)14-20(36(26)18-28(29,30)31)4-3-11-33-25-8-7-22(15-27(25)38)42(32,39)40/h2,5-8,14-15,19,21,33-34,37-38H,9-13,16-18H2,1H3,(H2,32,39,40). The molecule has 0 amide bonds. The van der Waals surface area contributed by atoms with Crippen molar-refractivity contribution < 1.29 is 36.5 Å². The van der Waals surface area contributed by atoms with Gasteiger partial charge in [-0.3, -0.25) is 0 Å². The quantitative estimate of drug-likeness (QED) is 0.175. The van der Waals surface area contributed by atoms with Crippen LogP contribution < -0.4 is 15.8 Å². The fourth-order valence-corrected chi connectivity index (χ4v) is 5.53. The molecular formula is C28H34F3N5O5S. The lowest BCUT2D eigenvalue weighted by Crippen LogP contribution is -2.43. The molecule has 1 atom stereocenters. The minimum absolute atomic E-state index is 0.0292. The molecule has 0 saturated carbocycles. The molecule has 10 nitrogen and oxygen atoms in total. The predicted octanol–water partition coefficient (Wildman–Crippen LogP) is 2.90. The minimum Gasteiger partial charge on any atom is -0.506 e. The van der Waals surface area contributed by atoms with Gasteiger partial charge in [-0.1, -0.05) is 12.0 Å². The van der Waals surface area contributed by atoms with E-state index in [0.29, 0.717) is 23.1 Å². The number of halogens is 3. The van der Waals surface area contributed by atoms with Crippen molar-refractivity contribution in [3.05, 3.63) is 48.2 Å². The number of fused-ring (bicyclic) bond motifs is 1. The van der Waals surface area contributed by atoms with Gasteiger partial charge in [0.25, 0.3) is 0 Å². The van der Waals surface area contributed by atoms with Gasteiger partial charge in [0.1, 0.15) is 12.3 Å². The lowest BCUT2D eigenvalue weighted by molar-refractivity contribution is -0.140. The number of likely N-dealkylation sites (tertiary alicyclic amines) is 1. The molecule has 1 aliphatic heterocycles. The lowest BCUT2D eigenvalue weighted by atomic mass is 10.0. The Bertz CT molecular complexity index is 1560. The number of nitrogens with one attached hydrogen (secondary N) is 2. The number of hydrogen-bond donors (Lipinski definition) is 5. The smallest absolute Gasteiger partial charge is 0.406 e. The third-order valence-electron chi connectivity index (χ3n) is 6.94. The number of aliphatic hydroxyl groups is 1. The number of primary sulfonamides is 1. The maximum atomic E-state index is 13.5. The molecule has 0 bridgehead atoms. The Morgan fingerprint density at radius 2 is 1.90 bits per heavy atom. The second-order valence-electron chi connectivity index (χ2n) is 10.2. The molecule has 1 fully saturated rings. The van der Waals surface area contributed by atoms with E-state index < -0.39 is 28.8 Å². The molecule has 1 aliphatic rings. The number of anilines is 2. The zero-order valence-electron chi connectivity index (χ0n) is 23.0. The summed E-state index contributed by atoms with van der Waals surface area (Å²) >= 11 is 0. The first-order chi connectivity index (χ1) is 19.8. The number of alkyl halides is 3. The molecule has 3 aromatic rings. The number of phenolic OH excluding ortho intramolecular Hbond substituents is 1. The van der Waals surface area contributed by atoms with Crippen LogP contribution in [0, 0.1) is 11.8 Å². The maximum absolute atomic E-state index is 13.5. The SMILES string of the molecule is COCC(O)CN1CCC(Nc2cccc3c2cc(C#CCNc2ccc(S(N)(=O)=O)cc2O)n3CC(F)(F)F)CC1. The van der Waals surface area contributed by atoms with Crippen molar-refractivity contribution in [2.75, 3.05) is 50.5 Å². The Kier molecular flexibility index (Phi) is 9.90. The van der Waals surface area contributed by atoms with Crippen LogP contribution in [0.5, 0.6) is 5.75 Å². The van der Waals surface area contributed by atoms with Crippen molar-refractivity contribution in [1.29, 1.82) is 0 Å². The first-order valence-corrected chi connectivity index (χ1v) is 14.8. The van der Waals surface area contributed by atoms with Crippen molar-refractivity contribution >= 4 is 32.3 Å². The van der Waals surface area contributed by atoms with Gasteiger partial charge in [-0.25, -0.2) is 13.6 Å². The number of piperidine rings is 1. The van der Waals surface area contributed by atoms with Crippen molar-refractivity contribution in [1.82, 2.24) is 9.47 Å². The van der Waals surface area contributed by atoms with Gasteiger partial charge >= 0.3 is 6.18 Å². The highest BCUT2D eigenvalue weighted by molar-refractivity contribution is 7.89. The van der Waals surface area contributed by atoms with Crippen LogP contribution in [-0.4, -0.2) is 86.3 Å². The number of nitrogens with two attached hydrogens (primary N) is 1. The molecule has 1 saturated heterocycles. The fourth-order valence-electron chi connectivity index (χ4n) is 5.00. The van der Waals surface area contributed by atoms with Crippen LogP contribution in [0.3, 0.4) is 0 Å². The number of benzene rings is 2. The van der Waals surface area contributed by atoms with Crippen molar-refractivity contribution in [2.24, 2.45) is 5.14 Å². The third kappa shape index (κ3) is 8.30. The average molecular weight is 610 g/mol. The van der Waals surface area contributed by atoms with Gasteiger partial charge in [-0.15, -0.1) is 0 Å². The number of sulfonamides is 1. The number of hydrogen-bond acceptors (Lipinski definition) is 8. The highest BCUT2D eigenvalue weighted by Gasteiger charge is 2.30. The van der Waals surface area contributed by atoms with E-state index in [1.54, 1.807) is 25.3 Å². The summed E-state index contributed by atoms with van der Waals surface area (Å²) in [7, 11) is -2.45. The number of β-amino-alcohol motifs (C(OH)–C–C–N with tert-alkyl or cyclic N) is 1. The molecule has 0 spiro atoms. The van der Waals surface area contributed by atoms with Gasteiger partial charge in [0.05, 0.1) is 41.0 Å². The molecule has 1 aromatic heterocycles. The maximum Gasteiger partial charge on any atom is 0.406 e. The van der Waals surface area contributed by atoms with Gasteiger partial charge in [0, 0.05) is 49.9 Å². The van der Waals surface area contributed by atoms with Crippen molar-refractivity contribution in [3.63, 3.8) is 0 Å². The molecular weight excluding hydrogens is 575 g/mol. The molecule has 6 N–H and O–H groups in total. The molecule has 4 rings (SSSR count). The highest BCUT2D eigenvalue weighted by Crippen LogP contribution is 2.31. The van der Waals surface area contributed by atoms with Gasteiger partial charge in [0.2, 0.25) is 10.0 Å². The summed E-state index contributed by atoms with van der Waals surface area (Å²) in [6, 6.07) is 10.4. The predicted molar refractivity (Wildman–Crippen MR) is 154 cm³/mol. The first-order valence-electron chi connectivity index (χ1n) is 13.3. The summed E-state index contributed by atoms with van der Waals surface area (Å²) in [5.41, 5.74) is 1.48. The third-order valence-corrected chi connectivity index (χ3v) is 7.85. The van der Waals surface area contributed by atoms with E-state index in [2.05, 4.69) is 27.4 Å². The fraction of sp³-hybridized carbons (Fsp3) is 0.429. The Balaban J connectivity index is 1.50. The minimum atomic E-state index is -4.47. The Hall–Kier alpha value is -3.48. The summed E-state index contributed by atoms with van der Waals surface area (Å²) in [5, 5.41) is 32.1. The largest absolute Gasteiger partial charge is 0.506 e. The second kappa shape index (κ2) is 13.2. The summed E-state index contributed by atoms with van der Waals surface area (Å²) in [6.45, 7) is 1.09. The van der Waals surface area contributed by atoms with Crippen molar-refractivity contribution in [2.45, 2.75) is 42.6 Å². The Morgan fingerprint density at radius 1 is 1.17 bits per heavy atom. The van der Waals surface area contributed by atoms with Crippen LogP contribution in [0.25, 0.3) is 10.9 Å². The Morgan fingerprint density at radius 3 is 2.55 bits per heavy atom. The van der Waals surface area contributed by atoms with Crippen LogP contribution in [0.15, 0.2) is 47.4 Å². The van der Waals surface area contributed by atoms with E-state index in [9.17, 15) is 31.8 Å². The number of rotatable bonds is 10. The summed E-state index contributed by atoms with van der Waals surface area (Å²) in [4.78, 5) is 1.90. The van der Waals surface area contributed by atoms with Crippen LogP contribution >= 0.6 is 0 Å². The van der Waals surface area contributed by atoms with Gasteiger partial charge in [-0.05, 0) is 49.1 Å². The lowest BCUT2D eigenvalue weighted by Gasteiger charge is -2.34. The molecule has 14 heteroatoms. The topological polar surface area (TPSA) is 142 Å². The molecule has 0 aliphatic carbocycles. The highest BCUT2D eigenvalue weighted by atomic mass is 32.2. The molecule has 228 valence electrons. The van der Waals surface area contributed by atoms with E-state index in [1.807, 2.05) is 6.07 Å². The van der Waals surface area contributed by atoms with Gasteiger partial charge < -0.3 is 35.1 Å². The van der Waals surface area contributed by atoms with Crippen LogP contribution in [0.1, 0.15) is 18.5 Å². The number of phenols is 1. The number of aromatic nitrogens is 1.